The van der Waals surface area contributed by atoms with E-state index in [1.807, 2.05) is 37.0 Å². The second-order valence-electron chi connectivity index (χ2n) is 4.78. The molecule has 0 saturated carbocycles. The minimum atomic E-state index is -5.08. The van der Waals surface area contributed by atoms with Gasteiger partial charge in [-0.25, -0.2) is 19.3 Å². The largest absolute Gasteiger partial charge is 0.490 e. The molecule has 3 aromatic rings. The Morgan fingerprint density at radius 1 is 1.33 bits per heavy atom. The molecule has 0 aliphatic carbocycles. The predicted molar refractivity (Wildman–Crippen MR) is 78.0 cm³/mol. The van der Waals surface area contributed by atoms with Gasteiger partial charge < -0.3 is 15.4 Å². The number of hydrogen-bond donors (Lipinski definition) is 2. The normalized spacial score (nSPS) is 11.2. The van der Waals surface area contributed by atoms with Crippen molar-refractivity contribution in [3.63, 3.8) is 0 Å². The summed E-state index contributed by atoms with van der Waals surface area (Å²) in [5.74, 6) is -1.06. The molecule has 0 bridgehead atoms. The summed E-state index contributed by atoms with van der Waals surface area (Å²) in [6, 6.07) is 1.96. The van der Waals surface area contributed by atoms with E-state index in [2.05, 4.69) is 15.1 Å². The van der Waals surface area contributed by atoms with Crippen LogP contribution in [0.1, 0.15) is 5.56 Å². The zero-order valence-electron chi connectivity index (χ0n) is 12.6. The van der Waals surface area contributed by atoms with Gasteiger partial charge in [-0.15, -0.1) is 5.10 Å². The molecule has 3 N–H and O–H groups in total. The first kappa shape index (κ1) is 17.2. The van der Waals surface area contributed by atoms with Crippen LogP contribution in [-0.4, -0.2) is 41.4 Å². The minimum absolute atomic E-state index is 0.473. The first-order valence-electron chi connectivity index (χ1n) is 6.50. The van der Waals surface area contributed by atoms with E-state index in [9.17, 15) is 13.2 Å². The Morgan fingerprint density at radius 2 is 1.96 bits per heavy atom. The number of nitrogen functional groups attached to an aromatic ring is 1. The van der Waals surface area contributed by atoms with Gasteiger partial charge in [0.15, 0.2) is 11.6 Å². The molecule has 3 heterocycles. The lowest BCUT2D eigenvalue weighted by atomic mass is 10.3. The Morgan fingerprint density at radius 3 is 2.46 bits per heavy atom. The van der Waals surface area contributed by atoms with Crippen molar-refractivity contribution >= 4 is 17.3 Å². The molecule has 0 aliphatic rings. The summed E-state index contributed by atoms with van der Waals surface area (Å²) in [5.41, 5.74) is 7.86. The number of rotatable bonds is 1. The maximum Gasteiger partial charge on any atom is 0.490 e. The fourth-order valence-electron chi connectivity index (χ4n) is 1.89. The van der Waals surface area contributed by atoms with Crippen LogP contribution >= 0.6 is 0 Å². The molecule has 0 atom stereocenters. The van der Waals surface area contributed by atoms with Crippen molar-refractivity contribution in [2.24, 2.45) is 7.05 Å². The third-order valence-corrected chi connectivity index (χ3v) is 3.00. The Balaban J connectivity index is 0.000000256. The third kappa shape index (κ3) is 3.45. The number of hydrogen-bond acceptors (Lipinski definition) is 5. The summed E-state index contributed by atoms with van der Waals surface area (Å²) in [7, 11) is 1.90. The molecular weight excluding hydrogens is 329 g/mol. The number of halogens is 3. The number of carboxylic acids is 1. The van der Waals surface area contributed by atoms with Crippen molar-refractivity contribution in [2.45, 2.75) is 13.1 Å². The van der Waals surface area contributed by atoms with E-state index in [0.717, 1.165) is 11.1 Å². The van der Waals surface area contributed by atoms with Crippen molar-refractivity contribution in [1.82, 2.24) is 24.1 Å². The van der Waals surface area contributed by atoms with Crippen LogP contribution in [0, 0.1) is 6.92 Å². The maximum atomic E-state index is 10.6. The number of aromatic nitrogens is 5. The summed E-state index contributed by atoms with van der Waals surface area (Å²) in [6.07, 6.45) is 0.342. The summed E-state index contributed by atoms with van der Waals surface area (Å²) in [5, 5.41) is 11.5. The Hall–Kier alpha value is -3.11. The fraction of sp³-hybridized carbons (Fsp3) is 0.231. The smallest absolute Gasteiger partial charge is 0.475 e. The lowest BCUT2D eigenvalue weighted by Gasteiger charge is -2.04. The van der Waals surface area contributed by atoms with E-state index in [0.29, 0.717) is 17.5 Å². The molecule has 0 spiro atoms. The number of nitrogens with zero attached hydrogens (tertiary/aromatic N) is 5. The molecule has 128 valence electrons. The number of anilines is 1. The Kier molecular flexibility index (Phi) is 4.44. The molecule has 11 heteroatoms. The van der Waals surface area contributed by atoms with Gasteiger partial charge in [-0.2, -0.15) is 13.2 Å². The number of aliphatic carboxylic acids is 1. The van der Waals surface area contributed by atoms with Crippen molar-refractivity contribution in [2.75, 3.05) is 5.73 Å². The molecule has 0 fully saturated rings. The first-order valence-corrected chi connectivity index (χ1v) is 6.50. The van der Waals surface area contributed by atoms with Gasteiger partial charge in [-0.3, -0.25) is 0 Å². The average molecular weight is 342 g/mol. The highest BCUT2D eigenvalue weighted by molar-refractivity contribution is 5.73. The quantitative estimate of drug-likeness (QED) is 0.696. The van der Waals surface area contributed by atoms with Gasteiger partial charge in [0, 0.05) is 25.6 Å². The van der Waals surface area contributed by atoms with Crippen LogP contribution in [0.2, 0.25) is 0 Å². The molecule has 8 nitrogen and oxygen atoms in total. The van der Waals surface area contributed by atoms with Crippen LogP contribution in [0.25, 0.3) is 17.2 Å². The molecule has 3 aromatic heterocycles. The zero-order chi connectivity index (χ0) is 18.1. The highest BCUT2D eigenvalue weighted by atomic mass is 19.4. The number of alkyl halides is 3. The number of fused-ring (bicyclic) bond motifs is 1. The number of imidazole rings is 1. The van der Waals surface area contributed by atoms with E-state index >= 15 is 0 Å². The highest BCUT2D eigenvalue weighted by Crippen LogP contribution is 2.19. The summed E-state index contributed by atoms with van der Waals surface area (Å²) in [4.78, 5) is 17.4. The molecule has 0 amide bonds. The predicted octanol–water partition coefficient (Wildman–Crippen LogP) is 1.65. The molecule has 24 heavy (non-hydrogen) atoms. The summed E-state index contributed by atoms with van der Waals surface area (Å²) in [6.45, 7) is 1.98. The van der Waals surface area contributed by atoms with E-state index in [1.54, 1.807) is 10.7 Å². The van der Waals surface area contributed by atoms with E-state index in [4.69, 9.17) is 15.6 Å². The second-order valence-corrected chi connectivity index (χ2v) is 4.78. The van der Waals surface area contributed by atoms with Crippen molar-refractivity contribution in [1.29, 1.82) is 0 Å². The molecule has 0 saturated heterocycles. The van der Waals surface area contributed by atoms with Crippen molar-refractivity contribution in [3.05, 3.63) is 30.2 Å². The average Bonchev–Trinajstić information content (AvgIpc) is 3.05. The minimum Gasteiger partial charge on any atom is -0.475 e. The second kappa shape index (κ2) is 6.18. The molecule has 0 unspecified atom stereocenters. The number of carbonyl (C=O) groups is 1. The standard InChI is InChI=1S/C11H12N6.C2HF3O2/c1-7-3-5-17-8(7)9(12)14-10(15-17)11-13-4-6-16(11)2;3-2(4,5)1(6)7/h3-6H,1-2H3,(H2,12,14,15);(H,6,7). The molecule has 0 aliphatic heterocycles. The van der Waals surface area contributed by atoms with Gasteiger partial charge in [0.1, 0.15) is 5.52 Å². The topological polar surface area (TPSA) is 111 Å². The van der Waals surface area contributed by atoms with Crippen molar-refractivity contribution in [3.8, 4) is 11.6 Å². The van der Waals surface area contributed by atoms with Gasteiger partial charge in [-0.1, -0.05) is 0 Å². The monoisotopic (exact) mass is 342 g/mol. The lowest BCUT2D eigenvalue weighted by molar-refractivity contribution is -0.192. The SMILES string of the molecule is Cc1ccn2nc(-c3nccn3C)nc(N)c12.O=C(O)C(F)(F)F. The number of carboxylic acid groups (broad SMARTS) is 1. The maximum absolute atomic E-state index is 10.6. The summed E-state index contributed by atoms with van der Waals surface area (Å²) >= 11 is 0. The third-order valence-electron chi connectivity index (χ3n) is 3.00. The van der Waals surface area contributed by atoms with Gasteiger partial charge in [-0.05, 0) is 18.6 Å². The first-order chi connectivity index (χ1) is 11.1. The van der Waals surface area contributed by atoms with Crippen LogP contribution in [-0.2, 0) is 11.8 Å². The van der Waals surface area contributed by atoms with Crippen LogP contribution < -0.4 is 5.73 Å². The number of nitrogens with two attached hydrogens (primary N) is 1. The molecular formula is C13H13F3N6O2. The molecule has 3 rings (SSSR count). The number of aryl methyl sites for hydroxylation is 2. The Labute approximate surface area is 133 Å². The van der Waals surface area contributed by atoms with E-state index in [1.165, 1.54) is 0 Å². The fourth-order valence-corrected chi connectivity index (χ4v) is 1.89. The van der Waals surface area contributed by atoms with E-state index < -0.39 is 12.1 Å². The zero-order valence-corrected chi connectivity index (χ0v) is 12.6. The van der Waals surface area contributed by atoms with Gasteiger partial charge in [0.05, 0.1) is 0 Å². The molecule has 0 radical (unpaired) electrons. The van der Waals surface area contributed by atoms with Crippen LogP contribution in [0.5, 0.6) is 0 Å². The highest BCUT2D eigenvalue weighted by Gasteiger charge is 2.38. The Bertz CT molecular complexity index is 884. The lowest BCUT2D eigenvalue weighted by Crippen LogP contribution is -2.21. The van der Waals surface area contributed by atoms with Gasteiger partial charge in [0.25, 0.3) is 0 Å². The van der Waals surface area contributed by atoms with Gasteiger partial charge >= 0.3 is 12.1 Å². The van der Waals surface area contributed by atoms with Crippen LogP contribution in [0.4, 0.5) is 19.0 Å². The van der Waals surface area contributed by atoms with Crippen molar-refractivity contribution < 1.29 is 23.1 Å². The van der Waals surface area contributed by atoms with Gasteiger partial charge in [0.2, 0.25) is 5.82 Å². The van der Waals surface area contributed by atoms with E-state index in [-0.39, 0.29) is 0 Å². The molecule has 0 aromatic carbocycles. The van der Waals surface area contributed by atoms with Crippen LogP contribution in [0.3, 0.4) is 0 Å². The van der Waals surface area contributed by atoms with Crippen LogP contribution in [0.15, 0.2) is 24.7 Å². The summed E-state index contributed by atoms with van der Waals surface area (Å²) < 4.78 is 35.3.